The second kappa shape index (κ2) is 19.1. The van der Waals surface area contributed by atoms with Crippen LogP contribution in [0.2, 0.25) is 0 Å². The topological polar surface area (TPSA) is 32.8 Å². The van der Waals surface area contributed by atoms with Crippen LogP contribution in [0.25, 0.3) is 65.4 Å². The maximum Gasteiger partial charge on any atom is 0.131 e. The van der Waals surface area contributed by atoms with Gasteiger partial charge in [0, 0.05) is 55.7 Å². The van der Waals surface area contributed by atoms with E-state index in [0.29, 0.717) is 100.0 Å². The average Bonchev–Trinajstić information content (AvgIpc) is 4.12. The Balaban J connectivity index is 1.13. The quantitative estimate of drug-likeness (QED) is 0.136. The average molecular weight is 959 g/mol. The zero-order valence-electron chi connectivity index (χ0n) is 44.2. The molecule has 0 unspecified atom stereocenters. The molecule has 0 N–H and O–H groups in total. The van der Waals surface area contributed by atoms with Crippen molar-refractivity contribution in [3.8, 4) is 0 Å². The Morgan fingerprint density at radius 1 is 0.276 bits per heavy atom. The standard InChI is InChI=1S/C62H46B10N2O2/c1-27(2)31-9-17-35(18-10-31)73(36-19-11-32(12-20-36)28(3)4)41-25-39(63)43-45(51(41)65)56(70)59-47(53(43)67)49-55(69)50-48-54(68)44-40(64)26-42(52(66)46(44)57(71)60(48)76-62(50)58(72)61(49)75-59)74(37-21-13-33(14-22-37)29(5)6)38-23-15-34(16-24-38)30(7)8/h9-30H,1-8H3. The molecule has 346 valence electrons. The van der Waals surface area contributed by atoms with Crippen LogP contribution < -0.4 is 64.4 Å². The van der Waals surface area contributed by atoms with E-state index in [4.69, 9.17) is 87.3 Å². The zero-order chi connectivity index (χ0) is 54.1. The molecule has 0 saturated carbocycles. The summed E-state index contributed by atoms with van der Waals surface area (Å²) < 4.78 is 13.4. The highest BCUT2D eigenvalue weighted by molar-refractivity contribution is 6.68. The van der Waals surface area contributed by atoms with Crippen LogP contribution in [0.5, 0.6) is 0 Å². The molecular formula is C62H46B10N2O2. The fraction of sp³-hybridized carbons (Fsp3) is 0.194. The van der Waals surface area contributed by atoms with Gasteiger partial charge in [-0.3, -0.25) is 0 Å². The van der Waals surface area contributed by atoms with Gasteiger partial charge < -0.3 is 18.6 Å². The Morgan fingerprint density at radius 3 is 0.763 bits per heavy atom. The van der Waals surface area contributed by atoms with Crippen molar-refractivity contribution in [3.63, 3.8) is 0 Å². The highest BCUT2D eigenvalue weighted by Crippen LogP contribution is 2.40. The summed E-state index contributed by atoms with van der Waals surface area (Å²) >= 11 is 0. The van der Waals surface area contributed by atoms with Gasteiger partial charge in [-0.2, -0.15) is 0 Å². The summed E-state index contributed by atoms with van der Waals surface area (Å²) in [7, 11) is 72.1. The first-order valence-electron chi connectivity index (χ1n) is 25.8. The lowest BCUT2D eigenvalue weighted by molar-refractivity contribution is 0.664. The normalized spacial score (nSPS) is 12.2. The van der Waals surface area contributed by atoms with Crippen molar-refractivity contribution >= 4 is 233 Å². The summed E-state index contributed by atoms with van der Waals surface area (Å²) in [4.78, 5) is 4.14. The predicted octanol–water partition coefficient (Wildman–Crippen LogP) is 7.16. The smallest absolute Gasteiger partial charge is 0.131 e. The van der Waals surface area contributed by atoms with Crippen LogP contribution in [0.1, 0.15) is 101 Å². The van der Waals surface area contributed by atoms with Gasteiger partial charge in [0.25, 0.3) is 0 Å². The summed E-state index contributed by atoms with van der Waals surface area (Å²) in [6.45, 7) is 17.3. The molecular weight excluding hydrogens is 913 g/mol. The fourth-order valence-electron chi connectivity index (χ4n) is 11.2. The molecule has 4 nitrogen and oxygen atoms in total. The summed E-state index contributed by atoms with van der Waals surface area (Å²) in [6, 6.07) is 37.2. The van der Waals surface area contributed by atoms with Crippen molar-refractivity contribution in [1.82, 2.24) is 0 Å². The van der Waals surface area contributed by atoms with Gasteiger partial charge in [0.15, 0.2) is 0 Å². The Morgan fingerprint density at radius 2 is 0.513 bits per heavy atom. The van der Waals surface area contributed by atoms with E-state index in [-0.39, 0.29) is 55.1 Å². The second-order valence-corrected chi connectivity index (χ2v) is 21.5. The molecule has 76 heavy (non-hydrogen) atoms. The molecule has 20 radical (unpaired) electrons. The summed E-state index contributed by atoms with van der Waals surface area (Å²) in [5.41, 5.74) is 12.8. The van der Waals surface area contributed by atoms with Crippen molar-refractivity contribution in [2.75, 3.05) is 9.80 Å². The maximum absolute atomic E-state index is 7.32. The van der Waals surface area contributed by atoms with Gasteiger partial charge in [-0.1, -0.05) is 142 Å². The number of fused-ring (bicyclic) bond motifs is 8. The van der Waals surface area contributed by atoms with E-state index < -0.39 is 0 Å². The molecule has 2 aromatic heterocycles. The molecule has 0 amide bonds. The molecule has 0 spiro atoms. The summed E-state index contributed by atoms with van der Waals surface area (Å²) in [6.07, 6.45) is 0. The molecule has 0 aliphatic carbocycles. The Hall–Kier alpha value is -6.65. The number of anilines is 6. The molecule has 0 bridgehead atoms. The molecule has 11 rings (SSSR count). The third kappa shape index (κ3) is 7.93. The SMILES string of the molecule is [B]c1c2oc3c([B])c4c([B])c(N(c5ccc(C(C)C)cc5)c5ccc(C(C)C)cc5)cc([B])c4c([B])c3c2c([B])c2c1oc1c([B])c3c([B])c(N(c4ccc(C(C)C)cc4)c4ccc(C(C)C)cc4)cc([B])c3c([B])c12. The minimum absolute atomic E-state index is 0.113. The van der Waals surface area contributed by atoms with E-state index in [1.54, 1.807) is 0 Å². The molecule has 0 saturated heterocycles. The van der Waals surface area contributed by atoms with Crippen LogP contribution in [-0.4, -0.2) is 78.5 Å². The zero-order valence-corrected chi connectivity index (χ0v) is 44.2. The van der Waals surface area contributed by atoms with Gasteiger partial charge in [0.1, 0.15) is 101 Å². The van der Waals surface area contributed by atoms with Crippen molar-refractivity contribution in [2.45, 2.75) is 79.1 Å². The highest BCUT2D eigenvalue weighted by atomic mass is 16.3. The molecule has 2 heterocycles. The third-order valence-electron chi connectivity index (χ3n) is 15.5. The molecule has 14 heteroatoms. The minimum Gasteiger partial charge on any atom is -0.457 e. The summed E-state index contributed by atoms with van der Waals surface area (Å²) in [5, 5.41) is 3.27. The Kier molecular flexibility index (Phi) is 12.9. The van der Waals surface area contributed by atoms with Crippen LogP contribution >= 0.6 is 0 Å². The van der Waals surface area contributed by atoms with Gasteiger partial charge >= 0.3 is 0 Å². The Labute approximate surface area is 459 Å². The van der Waals surface area contributed by atoms with Gasteiger partial charge in [-0.05, 0) is 145 Å². The molecule has 0 fully saturated rings. The van der Waals surface area contributed by atoms with Crippen LogP contribution in [0, 0.1) is 0 Å². The molecule has 11 aromatic rings. The number of hydrogen-bond acceptors (Lipinski definition) is 4. The number of rotatable bonds is 10. The minimum atomic E-state index is 0.113. The fourth-order valence-corrected chi connectivity index (χ4v) is 11.2. The number of hydrogen-bond donors (Lipinski definition) is 0. The molecule has 9 aromatic carbocycles. The van der Waals surface area contributed by atoms with E-state index in [1.807, 2.05) is 12.1 Å². The first kappa shape index (κ1) is 51.5. The van der Waals surface area contributed by atoms with Gasteiger partial charge in [0.05, 0.1) is 0 Å². The van der Waals surface area contributed by atoms with Crippen LogP contribution in [-0.2, 0) is 0 Å². The second-order valence-electron chi connectivity index (χ2n) is 21.5. The highest BCUT2D eigenvalue weighted by Gasteiger charge is 2.29. The van der Waals surface area contributed by atoms with Crippen molar-refractivity contribution < 1.29 is 8.83 Å². The van der Waals surface area contributed by atoms with Crippen molar-refractivity contribution in [2.24, 2.45) is 0 Å². The number of furan rings is 2. The lowest BCUT2D eigenvalue weighted by Gasteiger charge is -2.30. The number of nitrogens with zero attached hydrogens (tertiary/aromatic N) is 2. The van der Waals surface area contributed by atoms with Crippen molar-refractivity contribution in [1.29, 1.82) is 0 Å². The molecule has 0 aliphatic heterocycles. The van der Waals surface area contributed by atoms with E-state index in [9.17, 15) is 0 Å². The maximum atomic E-state index is 7.32. The lowest BCUT2D eigenvalue weighted by atomic mass is 9.69. The van der Waals surface area contributed by atoms with Crippen molar-refractivity contribution in [3.05, 3.63) is 131 Å². The molecule has 0 atom stereocenters. The largest absolute Gasteiger partial charge is 0.457 e. The number of benzene rings is 9. The van der Waals surface area contributed by atoms with E-state index >= 15 is 0 Å². The van der Waals surface area contributed by atoms with E-state index in [0.717, 1.165) is 22.7 Å². The monoisotopic (exact) mass is 960 g/mol. The predicted molar refractivity (Wildman–Crippen MR) is 336 cm³/mol. The third-order valence-corrected chi connectivity index (χ3v) is 15.5. The summed E-state index contributed by atoms with van der Waals surface area (Å²) in [5.74, 6) is 1.36. The van der Waals surface area contributed by atoms with Gasteiger partial charge in [-0.25, -0.2) is 0 Å². The first-order chi connectivity index (χ1) is 36.2. The van der Waals surface area contributed by atoms with Crippen LogP contribution in [0.3, 0.4) is 0 Å². The lowest BCUT2D eigenvalue weighted by Crippen LogP contribution is -2.31. The van der Waals surface area contributed by atoms with Gasteiger partial charge in [0.2, 0.25) is 0 Å². The van der Waals surface area contributed by atoms with E-state index in [1.165, 1.54) is 22.3 Å². The molecule has 0 aliphatic rings. The van der Waals surface area contributed by atoms with Crippen LogP contribution in [0.15, 0.2) is 118 Å². The Bertz CT molecular complexity index is 3790. The van der Waals surface area contributed by atoms with Crippen LogP contribution in [0.4, 0.5) is 34.1 Å². The van der Waals surface area contributed by atoms with Gasteiger partial charge in [-0.15, -0.1) is 0 Å². The van der Waals surface area contributed by atoms with E-state index in [2.05, 4.69) is 162 Å². The first-order valence-corrected chi connectivity index (χ1v) is 25.8.